The van der Waals surface area contributed by atoms with Gasteiger partial charge in [0.1, 0.15) is 0 Å². The summed E-state index contributed by atoms with van der Waals surface area (Å²) in [4.78, 5) is 44.9. The fraction of sp³-hybridized carbons (Fsp3) is 0.211. The number of rotatable bonds is 5. The van der Waals surface area contributed by atoms with Gasteiger partial charge in [0.15, 0.2) is 5.11 Å². The van der Waals surface area contributed by atoms with Gasteiger partial charge in [-0.15, -0.1) is 0 Å². The van der Waals surface area contributed by atoms with Gasteiger partial charge in [0.05, 0.1) is 21.5 Å². The molecule has 0 unspecified atom stereocenters. The SMILES string of the molecule is CC(C)(C)NC(=O)c1cccc(NC(=S)NC(=O)c2cc([N+](=O)[O-])cc([N+](=O)[O-])c2)c1. The lowest BCUT2D eigenvalue weighted by atomic mass is 10.1. The summed E-state index contributed by atoms with van der Waals surface area (Å²) in [6, 6.07) is 8.93. The standard InChI is InChI=1S/C19H19N5O6S/c1-19(2,3)22-17(26)11-5-4-6-13(7-11)20-18(31)21-16(25)12-8-14(23(27)28)10-15(9-12)24(29)30/h4-10H,1-3H3,(H,22,26)(H2,20,21,25,31). The van der Waals surface area contributed by atoms with Crippen LogP contribution in [-0.4, -0.2) is 32.3 Å². The van der Waals surface area contributed by atoms with E-state index in [-0.39, 0.29) is 16.6 Å². The normalized spacial score (nSPS) is 10.7. The third-order valence-electron chi connectivity index (χ3n) is 3.68. The molecule has 0 spiro atoms. The van der Waals surface area contributed by atoms with E-state index >= 15 is 0 Å². The molecule has 12 heteroatoms. The van der Waals surface area contributed by atoms with Crippen molar-refractivity contribution in [1.82, 2.24) is 10.6 Å². The van der Waals surface area contributed by atoms with Gasteiger partial charge in [-0.1, -0.05) is 6.07 Å². The van der Waals surface area contributed by atoms with E-state index in [4.69, 9.17) is 12.2 Å². The van der Waals surface area contributed by atoms with Gasteiger partial charge >= 0.3 is 0 Å². The first-order valence-corrected chi connectivity index (χ1v) is 9.25. The van der Waals surface area contributed by atoms with Crippen LogP contribution in [0.25, 0.3) is 0 Å². The summed E-state index contributed by atoms with van der Waals surface area (Å²) in [6.07, 6.45) is 0. The molecule has 3 N–H and O–H groups in total. The second-order valence-corrected chi connectivity index (χ2v) is 7.85. The number of non-ortho nitro benzene ring substituents is 2. The number of nitro groups is 2. The Morgan fingerprint density at radius 1 is 0.903 bits per heavy atom. The van der Waals surface area contributed by atoms with Gasteiger partial charge in [0, 0.05) is 28.9 Å². The summed E-state index contributed by atoms with van der Waals surface area (Å²) < 4.78 is 0. The molecule has 11 nitrogen and oxygen atoms in total. The highest BCUT2D eigenvalue weighted by molar-refractivity contribution is 7.80. The number of hydrogen-bond acceptors (Lipinski definition) is 7. The quantitative estimate of drug-likeness (QED) is 0.360. The average Bonchev–Trinajstić information content (AvgIpc) is 2.66. The van der Waals surface area contributed by atoms with Crippen molar-refractivity contribution in [2.75, 3.05) is 5.32 Å². The first-order valence-electron chi connectivity index (χ1n) is 8.84. The number of thiocarbonyl (C=S) groups is 1. The van der Waals surface area contributed by atoms with E-state index in [9.17, 15) is 29.8 Å². The summed E-state index contributed by atoms with van der Waals surface area (Å²) in [5.41, 5.74) is -1.15. The number of nitrogens with zero attached hydrogens (tertiary/aromatic N) is 2. The average molecular weight is 445 g/mol. The summed E-state index contributed by atoms with van der Waals surface area (Å²) in [7, 11) is 0. The van der Waals surface area contributed by atoms with Crippen molar-refractivity contribution < 1.29 is 19.4 Å². The van der Waals surface area contributed by atoms with Crippen LogP contribution < -0.4 is 16.0 Å². The number of nitrogens with one attached hydrogen (secondary N) is 3. The number of carbonyl (C=O) groups is 2. The molecule has 0 radical (unpaired) electrons. The maximum absolute atomic E-state index is 12.4. The fourth-order valence-corrected chi connectivity index (χ4v) is 2.64. The van der Waals surface area contributed by atoms with Gasteiger partial charge in [0.2, 0.25) is 0 Å². The van der Waals surface area contributed by atoms with Crippen molar-refractivity contribution in [2.24, 2.45) is 0 Å². The molecule has 0 heterocycles. The van der Waals surface area contributed by atoms with Gasteiger partial charge in [-0.2, -0.15) is 0 Å². The molecule has 0 aliphatic rings. The van der Waals surface area contributed by atoms with E-state index in [0.29, 0.717) is 11.3 Å². The van der Waals surface area contributed by atoms with E-state index in [1.807, 2.05) is 20.8 Å². The monoisotopic (exact) mass is 445 g/mol. The van der Waals surface area contributed by atoms with E-state index in [1.165, 1.54) is 6.07 Å². The zero-order chi connectivity index (χ0) is 23.3. The minimum absolute atomic E-state index is 0.160. The van der Waals surface area contributed by atoms with E-state index in [0.717, 1.165) is 18.2 Å². The number of carbonyl (C=O) groups excluding carboxylic acids is 2. The third kappa shape index (κ3) is 6.82. The summed E-state index contributed by atoms with van der Waals surface area (Å²) in [6.45, 7) is 5.53. The zero-order valence-electron chi connectivity index (χ0n) is 16.8. The molecule has 2 aromatic carbocycles. The molecule has 0 aromatic heterocycles. The molecule has 0 bridgehead atoms. The largest absolute Gasteiger partial charge is 0.347 e. The van der Waals surface area contributed by atoms with Crippen molar-refractivity contribution in [3.63, 3.8) is 0 Å². The van der Waals surface area contributed by atoms with Crippen molar-refractivity contribution in [2.45, 2.75) is 26.3 Å². The lowest BCUT2D eigenvalue weighted by molar-refractivity contribution is -0.394. The minimum Gasteiger partial charge on any atom is -0.347 e. The molecular formula is C19H19N5O6S. The van der Waals surface area contributed by atoms with Gasteiger partial charge in [0.25, 0.3) is 23.2 Å². The Balaban J connectivity index is 2.14. The summed E-state index contributed by atoms with van der Waals surface area (Å²) in [5.74, 6) is -1.17. The molecule has 162 valence electrons. The molecule has 31 heavy (non-hydrogen) atoms. The second-order valence-electron chi connectivity index (χ2n) is 7.45. The zero-order valence-corrected chi connectivity index (χ0v) is 17.6. The minimum atomic E-state index is -0.870. The molecule has 0 fully saturated rings. The highest BCUT2D eigenvalue weighted by Crippen LogP contribution is 2.22. The van der Waals surface area contributed by atoms with Gasteiger partial charge < -0.3 is 10.6 Å². The first kappa shape index (κ1) is 23.3. The van der Waals surface area contributed by atoms with Gasteiger partial charge in [-0.25, -0.2) is 0 Å². The maximum atomic E-state index is 12.4. The number of anilines is 1. The Bertz CT molecular complexity index is 1050. The fourth-order valence-electron chi connectivity index (χ4n) is 2.43. The Morgan fingerprint density at radius 2 is 1.48 bits per heavy atom. The van der Waals surface area contributed by atoms with Gasteiger partial charge in [-0.3, -0.25) is 35.1 Å². The molecule has 0 aliphatic carbocycles. The van der Waals surface area contributed by atoms with Crippen LogP contribution >= 0.6 is 12.2 Å². The molecular weight excluding hydrogens is 426 g/mol. The molecule has 2 rings (SSSR count). The van der Waals surface area contributed by atoms with Crippen molar-refractivity contribution in [1.29, 1.82) is 0 Å². The molecule has 0 saturated heterocycles. The van der Waals surface area contributed by atoms with Crippen LogP contribution in [0.2, 0.25) is 0 Å². The Hall–Kier alpha value is -3.93. The number of benzene rings is 2. The molecule has 0 aliphatic heterocycles. The molecule has 0 atom stereocenters. The Kier molecular flexibility index (Phi) is 6.97. The lowest BCUT2D eigenvalue weighted by Crippen LogP contribution is -2.40. The highest BCUT2D eigenvalue weighted by Gasteiger charge is 2.20. The van der Waals surface area contributed by atoms with E-state index < -0.39 is 32.7 Å². The van der Waals surface area contributed by atoms with E-state index in [1.54, 1.807) is 18.2 Å². The van der Waals surface area contributed by atoms with Crippen molar-refractivity contribution in [3.05, 3.63) is 73.8 Å². The smallest absolute Gasteiger partial charge is 0.277 e. The number of amides is 2. The predicted molar refractivity (Wildman–Crippen MR) is 117 cm³/mol. The first-order chi connectivity index (χ1) is 14.4. The van der Waals surface area contributed by atoms with Crippen LogP contribution in [0.5, 0.6) is 0 Å². The second kappa shape index (κ2) is 9.26. The van der Waals surface area contributed by atoms with Crippen LogP contribution in [0.15, 0.2) is 42.5 Å². The predicted octanol–water partition coefficient (Wildman–Crippen LogP) is 3.16. The van der Waals surface area contributed by atoms with Crippen LogP contribution in [0.3, 0.4) is 0 Å². The third-order valence-corrected chi connectivity index (χ3v) is 3.89. The van der Waals surface area contributed by atoms with E-state index in [2.05, 4.69) is 16.0 Å². The molecule has 2 aromatic rings. The van der Waals surface area contributed by atoms with Crippen LogP contribution in [0.4, 0.5) is 17.1 Å². The maximum Gasteiger partial charge on any atom is 0.277 e. The highest BCUT2D eigenvalue weighted by atomic mass is 32.1. The summed E-state index contributed by atoms with van der Waals surface area (Å²) >= 11 is 5.07. The summed E-state index contributed by atoms with van der Waals surface area (Å²) in [5, 5.41) is 29.6. The topological polar surface area (TPSA) is 157 Å². The number of hydrogen-bond donors (Lipinski definition) is 3. The molecule has 2 amide bonds. The lowest BCUT2D eigenvalue weighted by Gasteiger charge is -2.20. The molecule has 0 saturated carbocycles. The van der Waals surface area contributed by atoms with Crippen molar-refractivity contribution in [3.8, 4) is 0 Å². The number of nitro benzene ring substituents is 2. The van der Waals surface area contributed by atoms with Crippen LogP contribution in [0.1, 0.15) is 41.5 Å². The van der Waals surface area contributed by atoms with Gasteiger partial charge in [-0.05, 0) is 51.2 Å². The Labute approximate surface area is 182 Å². The van der Waals surface area contributed by atoms with Crippen LogP contribution in [-0.2, 0) is 0 Å². The van der Waals surface area contributed by atoms with Crippen LogP contribution in [0, 0.1) is 20.2 Å². The van der Waals surface area contributed by atoms with Crippen molar-refractivity contribution >= 4 is 46.2 Å². The Morgan fingerprint density at radius 3 is 2.00 bits per heavy atom.